The lowest BCUT2D eigenvalue weighted by Crippen LogP contribution is -2.15. The van der Waals surface area contributed by atoms with Crippen LogP contribution >= 0.6 is 0 Å². The lowest BCUT2D eigenvalue weighted by molar-refractivity contribution is 0.0398. The highest BCUT2D eigenvalue weighted by atomic mass is 16.6. The average Bonchev–Trinajstić information content (AvgIpc) is 2.77. The van der Waals surface area contributed by atoms with E-state index in [4.69, 9.17) is 4.74 Å². The number of fused-ring (bicyclic) bond motifs is 2. The molecule has 0 aromatic heterocycles. The summed E-state index contributed by atoms with van der Waals surface area (Å²) in [5.41, 5.74) is 2.94. The Morgan fingerprint density at radius 1 is 0.677 bits per heavy atom. The van der Waals surface area contributed by atoms with Gasteiger partial charge in [-0.25, -0.2) is 9.59 Å². The predicted molar refractivity (Wildman–Crippen MR) is 126 cm³/mol. The molecule has 3 nitrogen and oxygen atoms in total. The molecule has 4 aromatic rings. The number of benzene rings is 4. The van der Waals surface area contributed by atoms with E-state index < -0.39 is 11.9 Å². The van der Waals surface area contributed by atoms with Gasteiger partial charge in [0.2, 0.25) is 0 Å². The Morgan fingerprint density at radius 2 is 1.35 bits per heavy atom. The number of rotatable bonds is 4. The van der Waals surface area contributed by atoms with Gasteiger partial charge in [-0.3, -0.25) is 0 Å². The SMILES string of the molecule is CC(C)c1ccc2cc(C(=O)OC(=O)c3c(C(C)C)ccc4ccccc34)ccc2c1. The Hall–Kier alpha value is -3.46. The summed E-state index contributed by atoms with van der Waals surface area (Å²) in [6, 6.07) is 23.2. The van der Waals surface area contributed by atoms with E-state index in [0.29, 0.717) is 17.0 Å². The molecular weight excluding hydrogens is 384 g/mol. The zero-order chi connectivity index (χ0) is 22.1. The minimum atomic E-state index is -0.637. The first-order chi connectivity index (χ1) is 14.8. The molecule has 3 heteroatoms. The van der Waals surface area contributed by atoms with Crippen molar-refractivity contribution in [3.8, 4) is 0 Å². The highest BCUT2D eigenvalue weighted by molar-refractivity contribution is 6.11. The normalized spacial score (nSPS) is 11.4. The van der Waals surface area contributed by atoms with Gasteiger partial charge >= 0.3 is 11.9 Å². The van der Waals surface area contributed by atoms with Crippen LogP contribution in [0.5, 0.6) is 0 Å². The second kappa shape index (κ2) is 8.35. The standard InChI is InChI=1S/C28H26O3/c1-17(2)20-9-10-22-16-23(12-11-21(22)15-20)27(29)31-28(30)26-24(18(3)4)14-13-19-7-5-6-8-25(19)26/h5-18H,1-4H3. The molecule has 0 aliphatic rings. The van der Waals surface area contributed by atoms with Crippen LogP contribution in [0.2, 0.25) is 0 Å². The van der Waals surface area contributed by atoms with Crippen LogP contribution in [0.3, 0.4) is 0 Å². The molecule has 4 rings (SSSR count). The third-order valence-corrected chi connectivity index (χ3v) is 5.74. The van der Waals surface area contributed by atoms with Gasteiger partial charge in [-0.05, 0) is 56.6 Å². The molecule has 0 aliphatic carbocycles. The Balaban J connectivity index is 1.67. The summed E-state index contributed by atoms with van der Waals surface area (Å²) in [6.45, 7) is 8.35. The molecule has 0 N–H and O–H groups in total. The highest BCUT2D eigenvalue weighted by Gasteiger charge is 2.22. The zero-order valence-corrected chi connectivity index (χ0v) is 18.3. The van der Waals surface area contributed by atoms with Crippen molar-refractivity contribution in [2.45, 2.75) is 39.5 Å². The Kier molecular flexibility index (Phi) is 5.60. The van der Waals surface area contributed by atoms with Crippen molar-refractivity contribution >= 4 is 33.5 Å². The van der Waals surface area contributed by atoms with Crippen LogP contribution in [0, 0.1) is 0 Å². The fourth-order valence-corrected chi connectivity index (χ4v) is 3.94. The number of esters is 2. The largest absolute Gasteiger partial charge is 0.386 e. The van der Waals surface area contributed by atoms with E-state index in [-0.39, 0.29) is 5.92 Å². The van der Waals surface area contributed by atoms with Crippen LogP contribution in [-0.4, -0.2) is 11.9 Å². The first kappa shape index (κ1) is 20.8. The predicted octanol–water partition coefficient (Wildman–Crippen LogP) is 7.24. The fraction of sp³-hybridized carbons (Fsp3) is 0.214. The number of carbonyl (C=O) groups is 2. The number of hydrogen-bond donors (Lipinski definition) is 0. The second-order valence-electron chi connectivity index (χ2n) is 8.56. The van der Waals surface area contributed by atoms with Crippen LogP contribution in [0.25, 0.3) is 21.5 Å². The highest BCUT2D eigenvalue weighted by Crippen LogP contribution is 2.29. The van der Waals surface area contributed by atoms with Crippen LogP contribution < -0.4 is 0 Å². The minimum absolute atomic E-state index is 0.123. The number of ether oxygens (including phenoxy) is 1. The van der Waals surface area contributed by atoms with Gasteiger partial charge in [0.1, 0.15) is 0 Å². The topological polar surface area (TPSA) is 43.4 Å². The maximum absolute atomic E-state index is 13.1. The molecule has 4 aromatic carbocycles. The minimum Gasteiger partial charge on any atom is -0.386 e. The molecule has 0 atom stereocenters. The van der Waals surface area contributed by atoms with Crippen molar-refractivity contribution in [3.63, 3.8) is 0 Å². The maximum atomic E-state index is 13.1. The molecule has 0 heterocycles. The fourth-order valence-electron chi connectivity index (χ4n) is 3.94. The van der Waals surface area contributed by atoms with E-state index >= 15 is 0 Å². The van der Waals surface area contributed by atoms with E-state index in [2.05, 4.69) is 26.0 Å². The van der Waals surface area contributed by atoms with Crippen molar-refractivity contribution in [3.05, 3.63) is 95.1 Å². The third kappa shape index (κ3) is 4.09. The van der Waals surface area contributed by atoms with Crippen LogP contribution in [0.4, 0.5) is 0 Å². The summed E-state index contributed by atoms with van der Waals surface area (Å²) in [4.78, 5) is 25.9. The van der Waals surface area contributed by atoms with Crippen LogP contribution in [0.1, 0.15) is 71.4 Å². The van der Waals surface area contributed by atoms with Gasteiger partial charge in [-0.15, -0.1) is 0 Å². The molecule has 0 unspecified atom stereocenters. The van der Waals surface area contributed by atoms with E-state index in [1.165, 1.54) is 5.56 Å². The van der Waals surface area contributed by atoms with E-state index in [9.17, 15) is 9.59 Å². The number of hydrogen-bond acceptors (Lipinski definition) is 3. The van der Waals surface area contributed by atoms with Gasteiger partial charge in [0.25, 0.3) is 0 Å². The lowest BCUT2D eigenvalue weighted by atomic mass is 9.92. The van der Waals surface area contributed by atoms with Crippen molar-refractivity contribution in [2.24, 2.45) is 0 Å². The van der Waals surface area contributed by atoms with Crippen LogP contribution in [-0.2, 0) is 4.74 Å². The van der Waals surface area contributed by atoms with Crippen molar-refractivity contribution in [1.29, 1.82) is 0 Å². The summed E-state index contributed by atoms with van der Waals surface area (Å²) in [6.07, 6.45) is 0. The summed E-state index contributed by atoms with van der Waals surface area (Å²) >= 11 is 0. The molecule has 0 saturated carbocycles. The Bertz CT molecular complexity index is 1300. The van der Waals surface area contributed by atoms with Gasteiger partial charge in [-0.2, -0.15) is 0 Å². The number of carbonyl (C=O) groups excluding carboxylic acids is 2. The van der Waals surface area contributed by atoms with Gasteiger partial charge in [0.15, 0.2) is 0 Å². The lowest BCUT2D eigenvalue weighted by Gasteiger charge is -2.14. The quantitative estimate of drug-likeness (QED) is 0.263. The monoisotopic (exact) mass is 410 g/mol. The molecule has 0 radical (unpaired) electrons. The van der Waals surface area contributed by atoms with Crippen LogP contribution in [0.15, 0.2) is 72.8 Å². The van der Waals surface area contributed by atoms with Crippen molar-refractivity contribution < 1.29 is 14.3 Å². The Labute approximate surface area is 182 Å². The molecule has 31 heavy (non-hydrogen) atoms. The summed E-state index contributed by atoms with van der Waals surface area (Å²) < 4.78 is 5.35. The van der Waals surface area contributed by atoms with Gasteiger partial charge in [-0.1, -0.05) is 88.4 Å². The smallest absolute Gasteiger partial charge is 0.346 e. The molecule has 0 spiro atoms. The molecule has 0 saturated heterocycles. The summed E-state index contributed by atoms with van der Waals surface area (Å²) in [5, 5.41) is 3.74. The van der Waals surface area contributed by atoms with E-state index in [1.54, 1.807) is 12.1 Å². The van der Waals surface area contributed by atoms with Gasteiger partial charge in [0.05, 0.1) is 11.1 Å². The van der Waals surface area contributed by atoms with Crippen molar-refractivity contribution in [1.82, 2.24) is 0 Å². The van der Waals surface area contributed by atoms with Crippen molar-refractivity contribution in [2.75, 3.05) is 0 Å². The average molecular weight is 411 g/mol. The third-order valence-electron chi connectivity index (χ3n) is 5.74. The van der Waals surface area contributed by atoms with E-state index in [0.717, 1.165) is 27.1 Å². The van der Waals surface area contributed by atoms with E-state index in [1.807, 2.05) is 62.4 Å². The molecule has 0 bridgehead atoms. The maximum Gasteiger partial charge on any atom is 0.346 e. The molecule has 0 amide bonds. The molecule has 0 aliphatic heterocycles. The zero-order valence-electron chi connectivity index (χ0n) is 18.3. The molecule has 156 valence electrons. The summed E-state index contributed by atoms with van der Waals surface area (Å²) in [7, 11) is 0. The first-order valence-corrected chi connectivity index (χ1v) is 10.7. The summed E-state index contributed by atoms with van der Waals surface area (Å²) in [5.74, 6) is -0.691. The van der Waals surface area contributed by atoms with Gasteiger partial charge in [0, 0.05) is 0 Å². The second-order valence-corrected chi connectivity index (χ2v) is 8.56. The molecule has 0 fully saturated rings. The Morgan fingerprint density at radius 3 is 2.10 bits per heavy atom. The van der Waals surface area contributed by atoms with Gasteiger partial charge < -0.3 is 4.74 Å². The molecular formula is C28H26O3. The first-order valence-electron chi connectivity index (χ1n) is 10.7.